The lowest BCUT2D eigenvalue weighted by Crippen LogP contribution is -2.25. The smallest absolute Gasteiger partial charge is 0.276 e. The Kier molecular flexibility index (Phi) is 6.77. The van der Waals surface area contributed by atoms with Crippen LogP contribution in [0.5, 0.6) is 5.75 Å². The minimum atomic E-state index is -0.457. The molecule has 2 amide bonds. The van der Waals surface area contributed by atoms with E-state index in [9.17, 15) is 9.59 Å². The topological polar surface area (TPSA) is 116 Å². The maximum atomic E-state index is 12.8. The molecule has 10 nitrogen and oxygen atoms in total. The van der Waals surface area contributed by atoms with Gasteiger partial charge in [0.25, 0.3) is 11.8 Å². The van der Waals surface area contributed by atoms with Gasteiger partial charge in [-0.2, -0.15) is 10.2 Å². The molecule has 0 aliphatic heterocycles. The van der Waals surface area contributed by atoms with Crippen molar-refractivity contribution in [1.29, 1.82) is 0 Å². The predicted molar refractivity (Wildman–Crippen MR) is 125 cm³/mol. The number of hydrogen-bond donors (Lipinski definition) is 2. The van der Waals surface area contributed by atoms with E-state index in [-0.39, 0.29) is 24.7 Å². The standard InChI is InChI=1S/C24H26N6O4/c1-4-29-14-20(22(28-29)24(32)25-13-18-6-5-11-33-18)26-23(31)19-9-10-30(27-19)15-34-21-12-16(2)7-8-17(21)3/h5-12,14H,4,13,15H2,1-3H3,(H,25,32)(H,26,31). The van der Waals surface area contributed by atoms with E-state index in [2.05, 4.69) is 20.8 Å². The number of anilines is 1. The molecule has 10 heteroatoms. The van der Waals surface area contributed by atoms with Gasteiger partial charge in [0, 0.05) is 18.9 Å². The molecule has 1 aromatic carbocycles. The third-order valence-corrected chi connectivity index (χ3v) is 5.12. The van der Waals surface area contributed by atoms with E-state index in [4.69, 9.17) is 9.15 Å². The predicted octanol–water partition coefficient (Wildman–Crippen LogP) is 3.53. The van der Waals surface area contributed by atoms with Crippen molar-refractivity contribution in [2.45, 2.75) is 40.6 Å². The summed E-state index contributed by atoms with van der Waals surface area (Å²) < 4.78 is 14.2. The van der Waals surface area contributed by atoms with Gasteiger partial charge in [0.1, 0.15) is 11.5 Å². The number of benzene rings is 1. The van der Waals surface area contributed by atoms with E-state index in [1.54, 1.807) is 35.3 Å². The molecule has 0 unspecified atom stereocenters. The number of furan rings is 1. The van der Waals surface area contributed by atoms with Crippen LogP contribution in [0, 0.1) is 13.8 Å². The first kappa shape index (κ1) is 22.8. The molecule has 0 aliphatic carbocycles. The van der Waals surface area contributed by atoms with Crippen molar-refractivity contribution in [2.24, 2.45) is 0 Å². The fraction of sp³-hybridized carbons (Fsp3) is 0.250. The van der Waals surface area contributed by atoms with Crippen LogP contribution in [0.1, 0.15) is 44.8 Å². The number of ether oxygens (including phenoxy) is 1. The first-order chi connectivity index (χ1) is 16.4. The Labute approximate surface area is 196 Å². The zero-order valence-electron chi connectivity index (χ0n) is 19.2. The molecule has 176 valence electrons. The van der Waals surface area contributed by atoms with Crippen molar-refractivity contribution in [3.05, 3.63) is 83.3 Å². The lowest BCUT2D eigenvalue weighted by Gasteiger charge is -2.09. The van der Waals surface area contributed by atoms with Crippen LogP contribution in [0.15, 0.2) is 59.5 Å². The molecule has 0 bridgehead atoms. The number of rotatable bonds is 9. The van der Waals surface area contributed by atoms with Gasteiger partial charge in [-0.15, -0.1) is 0 Å². The van der Waals surface area contributed by atoms with Gasteiger partial charge in [0.15, 0.2) is 18.1 Å². The Morgan fingerprint density at radius 3 is 2.71 bits per heavy atom. The van der Waals surface area contributed by atoms with Crippen molar-refractivity contribution in [2.75, 3.05) is 5.32 Å². The molecule has 0 fully saturated rings. The second kappa shape index (κ2) is 10.1. The van der Waals surface area contributed by atoms with Gasteiger partial charge in [-0.3, -0.25) is 14.3 Å². The van der Waals surface area contributed by atoms with Gasteiger partial charge >= 0.3 is 0 Å². The number of carbonyl (C=O) groups is 2. The van der Waals surface area contributed by atoms with Crippen LogP contribution in [0.3, 0.4) is 0 Å². The number of amides is 2. The summed E-state index contributed by atoms with van der Waals surface area (Å²) in [6.07, 6.45) is 4.80. The Balaban J connectivity index is 1.41. The molecule has 34 heavy (non-hydrogen) atoms. The van der Waals surface area contributed by atoms with Crippen molar-refractivity contribution >= 4 is 17.5 Å². The van der Waals surface area contributed by atoms with Crippen LogP contribution in [-0.2, 0) is 19.8 Å². The second-order valence-corrected chi connectivity index (χ2v) is 7.75. The molecular weight excluding hydrogens is 436 g/mol. The molecule has 0 saturated carbocycles. The molecular formula is C24H26N6O4. The fourth-order valence-corrected chi connectivity index (χ4v) is 3.25. The van der Waals surface area contributed by atoms with E-state index < -0.39 is 11.8 Å². The number of nitrogens with zero attached hydrogens (tertiary/aromatic N) is 4. The van der Waals surface area contributed by atoms with Gasteiger partial charge in [-0.05, 0) is 56.2 Å². The zero-order valence-corrected chi connectivity index (χ0v) is 19.2. The van der Waals surface area contributed by atoms with Gasteiger partial charge < -0.3 is 19.8 Å². The molecule has 0 saturated heterocycles. The van der Waals surface area contributed by atoms with E-state index in [1.807, 2.05) is 39.0 Å². The minimum Gasteiger partial charge on any atom is -0.471 e. The third-order valence-electron chi connectivity index (χ3n) is 5.12. The normalized spacial score (nSPS) is 10.8. The van der Waals surface area contributed by atoms with Crippen LogP contribution in [-0.4, -0.2) is 31.4 Å². The summed E-state index contributed by atoms with van der Waals surface area (Å²) in [6, 6.07) is 11.0. The molecule has 0 aliphatic rings. The summed E-state index contributed by atoms with van der Waals surface area (Å²) in [5, 5.41) is 14.0. The molecule has 2 N–H and O–H groups in total. The molecule has 4 aromatic rings. The SMILES string of the molecule is CCn1cc(NC(=O)c2ccn(COc3cc(C)ccc3C)n2)c(C(=O)NCc2ccco2)n1. The zero-order chi connectivity index (χ0) is 24.1. The van der Waals surface area contributed by atoms with Crippen molar-refractivity contribution in [1.82, 2.24) is 24.9 Å². The average Bonchev–Trinajstić information content (AvgIpc) is 3.59. The first-order valence-electron chi connectivity index (χ1n) is 10.9. The van der Waals surface area contributed by atoms with Crippen molar-refractivity contribution in [3.63, 3.8) is 0 Å². The summed E-state index contributed by atoms with van der Waals surface area (Å²) in [6.45, 7) is 6.76. The lowest BCUT2D eigenvalue weighted by atomic mass is 10.1. The Bertz CT molecular complexity index is 1290. The minimum absolute atomic E-state index is 0.111. The highest BCUT2D eigenvalue weighted by molar-refractivity contribution is 6.07. The second-order valence-electron chi connectivity index (χ2n) is 7.75. The van der Waals surface area contributed by atoms with Crippen LogP contribution in [0.2, 0.25) is 0 Å². The van der Waals surface area contributed by atoms with E-state index in [1.165, 1.54) is 10.9 Å². The number of nitrogens with one attached hydrogen (secondary N) is 2. The van der Waals surface area contributed by atoms with Gasteiger partial charge in [-0.1, -0.05) is 12.1 Å². The lowest BCUT2D eigenvalue weighted by molar-refractivity contribution is 0.0943. The summed E-state index contributed by atoms with van der Waals surface area (Å²) in [7, 11) is 0. The van der Waals surface area contributed by atoms with Crippen LogP contribution >= 0.6 is 0 Å². The van der Waals surface area contributed by atoms with Crippen LogP contribution in [0.4, 0.5) is 5.69 Å². The quantitative estimate of drug-likeness (QED) is 0.393. The number of hydrogen-bond acceptors (Lipinski definition) is 6. The number of aromatic nitrogens is 4. The number of carbonyl (C=O) groups excluding carboxylic acids is 2. The van der Waals surface area contributed by atoms with Crippen molar-refractivity contribution < 1.29 is 18.7 Å². The molecule has 0 spiro atoms. The fourth-order valence-electron chi connectivity index (χ4n) is 3.25. The molecule has 4 rings (SSSR count). The van der Waals surface area contributed by atoms with Crippen molar-refractivity contribution in [3.8, 4) is 5.75 Å². The van der Waals surface area contributed by atoms with Crippen LogP contribution < -0.4 is 15.4 Å². The summed E-state index contributed by atoms with van der Waals surface area (Å²) in [5.41, 5.74) is 2.71. The Morgan fingerprint density at radius 1 is 1.09 bits per heavy atom. The number of aryl methyl sites for hydroxylation is 3. The van der Waals surface area contributed by atoms with E-state index in [0.29, 0.717) is 18.0 Å². The third kappa shape index (κ3) is 5.34. The highest BCUT2D eigenvalue weighted by Gasteiger charge is 2.20. The average molecular weight is 463 g/mol. The summed E-state index contributed by atoms with van der Waals surface area (Å²) >= 11 is 0. The summed E-state index contributed by atoms with van der Waals surface area (Å²) in [4.78, 5) is 25.5. The highest BCUT2D eigenvalue weighted by Crippen LogP contribution is 2.20. The Hall–Kier alpha value is -4.34. The van der Waals surface area contributed by atoms with Crippen LogP contribution in [0.25, 0.3) is 0 Å². The summed E-state index contributed by atoms with van der Waals surface area (Å²) in [5.74, 6) is 0.494. The first-order valence-corrected chi connectivity index (χ1v) is 10.9. The van der Waals surface area contributed by atoms with E-state index >= 15 is 0 Å². The van der Waals surface area contributed by atoms with Gasteiger partial charge in [0.05, 0.1) is 18.5 Å². The molecule has 0 atom stereocenters. The molecule has 3 aromatic heterocycles. The van der Waals surface area contributed by atoms with Gasteiger partial charge in [0.2, 0.25) is 0 Å². The Morgan fingerprint density at radius 2 is 1.94 bits per heavy atom. The maximum absolute atomic E-state index is 12.8. The monoisotopic (exact) mass is 462 g/mol. The molecule has 0 radical (unpaired) electrons. The van der Waals surface area contributed by atoms with E-state index in [0.717, 1.165) is 16.9 Å². The highest BCUT2D eigenvalue weighted by atomic mass is 16.5. The maximum Gasteiger partial charge on any atom is 0.276 e. The molecule has 3 heterocycles. The largest absolute Gasteiger partial charge is 0.471 e. The van der Waals surface area contributed by atoms with Gasteiger partial charge in [-0.25, -0.2) is 4.68 Å².